The Morgan fingerprint density at radius 2 is 2.04 bits per heavy atom. The number of nitrogens with one attached hydrogen (secondary N) is 2. The molecule has 2 atom stereocenters. The normalized spacial score (nSPS) is 13.6. The Bertz CT molecular complexity index is 857. The van der Waals surface area contributed by atoms with E-state index < -0.39 is 0 Å². The van der Waals surface area contributed by atoms with E-state index in [1.807, 2.05) is 49.5 Å². The maximum Gasteiger partial charge on any atom is 0.178 e. The predicted octanol–water partition coefficient (Wildman–Crippen LogP) is 5.14. The zero-order valence-corrected chi connectivity index (χ0v) is 15.6. The summed E-state index contributed by atoms with van der Waals surface area (Å²) in [5.41, 5.74) is 2.74. The maximum atomic E-state index is 12.8. The fourth-order valence-electron chi connectivity index (χ4n) is 2.65. The first-order valence-corrected chi connectivity index (χ1v) is 9.46. The summed E-state index contributed by atoms with van der Waals surface area (Å²) in [6.07, 6.45) is 4.70. The Kier molecular flexibility index (Phi) is 5.43. The minimum atomic E-state index is -0.194. The van der Waals surface area contributed by atoms with Gasteiger partial charge in [0.25, 0.3) is 0 Å². The van der Waals surface area contributed by atoms with Gasteiger partial charge in [0, 0.05) is 28.7 Å². The zero-order chi connectivity index (χ0) is 17.8. The second kappa shape index (κ2) is 7.74. The van der Waals surface area contributed by atoms with Gasteiger partial charge in [0.05, 0.1) is 22.2 Å². The highest BCUT2D eigenvalue weighted by Gasteiger charge is 2.20. The molecule has 2 aromatic heterocycles. The van der Waals surface area contributed by atoms with Gasteiger partial charge in [-0.3, -0.25) is 4.79 Å². The number of fused-ring (bicyclic) bond motifs is 1. The summed E-state index contributed by atoms with van der Waals surface area (Å²) >= 11 is 1.49. The number of hydrogen-bond donors (Lipinski definition) is 2. The molecule has 3 rings (SSSR count). The van der Waals surface area contributed by atoms with Crippen molar-refractivity contribution >= 4 is 34.1 Å². The molecule has 4 nitrogen and oxygen atoms in total. The van der Waals surface area contributed by atoms with E-state index >= 15 is 0 Å². The second-order valence-corrected chi connectivity index (χ2v) is 7.57. The summed E-state index contributed by atoms with van der Waals surface area (Å²) in [4.78, 5) is 20.4. The van der Waals surface area contributed by atoms with Gasteiger partial charge in [0.1, 0.15) is 0 Å². The molecule has 25 heavy (non-hydrogen) atoms. The zero-order valence-electron chi connectivity index (χ0n) is 14.7. The van der Waals surface area contributed by atoms with Crippen LogP contribution in [-0.2, 0) is 0 Å². The van der Waals surface area contributed by atoms with Crippen molar-refractivity contribution in [3.63, 3.8) is 0 Å². The number of thioether (sulfide) groups is 1. The smallest absolute Gasteiger partial charge is 0.178 e. The molecule has 2 heterocycles. The van der Waals surface area contributed by atoms with E-state index in [1.165, 1.54) is 11.8 Å². The van der Waals surface area contributed by atoms with Crippen molar-refractivity contribution in [2.75, 3.05) is 5.32 Å². The molecule has 0 radical (unpaired) electrons. The molecule has 0 saturated heterocycles. The summed E-state index contributed by atoms with van der Waals surface area (Å²) in [7, 11) is 0. The van der Waals surface area contributed by atoms with E-state index in [4.69, 9.17) is 0 Å². The average molecular weight is 353 g/mol. The number of ketones is 1. The third-order valence-corrected chi connectivity index (χ3v) is 5.33. The number of aromatic amines is 1. The van der Waals surface area contributed by atoms with Crippen LogP contribution in [0.1, 0.15) is 37.6 Å². The van der Waals surface area contributed by atoms with E-state index in [2.05, 4.69) is 29.1 Å². The lowest BCUT2D eigenvalue weighted by molar-refractivity contribution is 0.0995. The number of carbonyl (C=O) groups excluding carboxylic acids is 1. The topological polar surface area (TPSA) is 57.8 Å². The van der Waals surface area contributed by atoms with Gasteiger partial charge in [-0.15, -0.1) is 0 Å². The summed E-state index contributed by atoms with van der Waals surface area (Å²) in [5.74, 6) is 0.117. The second-order valence-electron chi connectivity index (χ2n) is 6.21. The molecule has 0 fully saturated rings. The molecule has 130 valence electrons. The molecule has 0 bridgehead atoms. The monoisotopic (exact) mass is 353 g/mol. The van der Waals surface area contributed by atoms with E-state index in [-0.39, 0.29) is 11.0 Å². The third-order valence-electron chi connectivity index (χ3n) is 4.28. The molecule has 0 amide bonds. The number of pyridine rings is 1. The van der Waals surface area contributed by atoms with Gasteiger partial charge in [-0.1, -0.05) is 36.9 Å². The summed E-state index contributed by atoms with van der Waals surface area (Å²) < 4.78 is 0. The van der Waals surface area contributed by atoms with Gasteiger partial charge in [-0.2, -0.15) is 0 Å². The molecule has 2 unspecified atom stereocenters. The van der Waals surface area contributed by atoms with Gasteiger partial charge in [-0.05, 0) is 38.5 Å². The lowest BCUT2D eigenvalue weighted by Gasteiger charge is -2.13. The summed E-state index contributed by atoms with van der Waals surface area (Å²) in [6.45, 7) is 6.22. The molecular formula is C20H23N3OS. The number of aromatic nitrogens is 2. The van der Waals surface area contributed by atoms with Crippen LogP contribution in [0.15, 0.2) is 53.8 Å². The van der Waals surface area contributed by atoms with Crippen LogP contribution in [0.5, 0.6) is 0 Å². The number of rotatable bonds is 7. The molecule has 1 aromatic carbocycles. The van der Waals surface area contributed by atoms with Crippen LogP contribution >= 0.6 is 11.8 Å². The highest BCUT2D eigenvalue weighted by atomic mass is 32.2. The first-order chi connectivity index (χ1) is 12.1. The van der Waals surface area contributed by atoms with Crippen LogP contribution in [0.25, 0.3) is 10.9 Å². The van der Waals surface area contributed by atoms with Crippen molar-refractivity contribution in [2.24, 2.45) is 0 Å². The lowest BCUT2D eigenvalue weighted by Crippen LogP contribution is -2.14. The van der Waals surface area contributed by atoms with Gasteiger partial charge in [0.15, 0.2) is 5.78 Å². The van der Waals surface area contributed by atoms with Crippen LogP contribution in [0.3, 0.4) is 0 Å². The molecule has 5 heteroatoms. The molecule has 0 spiro atoms. The van der Waals surface area contributed by atoms with Gasteiger partial charge in [0.2, 0.25) is 0 Å². The highest BCUT2D eigenvalue weighted by molar-refractivity contribution is 8.00. The minimum absolute atomic E-state index is 0.117. The fraction of sp³-hybridized carbons (Fsp3) is 0.300. The van der Waals surface area contributed by atoms with Crippen molar-refractivity contribution in [1.82, 2.24) is 9.97 Å². The number of H-pyrrole nitrogens is 1. The largest absolute Gasteiger partial charge is 0.381 e. The van der Waals surface area contributed by atoms with Gasteiger partial charge >= 0.3 is 0 Å². The fourth-order valence-corrected chi connectivity index (χ4v) is 3.51. The van der Waals surface area contributed by atoms with Gasteiger partial charge < -0.3 is 10.3 Å². The standard InChI is InChI=1S/C20H23N3OS/c1-4-13(2)23-15-9-10-19(22-11-15)25-14(3)20(24)17-12-21-18-8-6-5-7-16(17)18/h5-14,21,23H,4H2,1-3H3. The molecule has 0 aliphatic heterocycles. The van der Waals surface area contributed by atoms with Crippen LogP contribution < -0.4 is 5.32 Å². The quantitative estimate of drug-likeness (QED) is 0.456. The third kappa shape index (κ3) is 4.04. The first-order valence-electron chi connectivity index (χ1n) is 8.58. The van der Waals surface area contributed by atoms with Crippen molar-refractivity contribution in [1.29, 1.82) is 0 Å². The van der Waals surface area contributed by atoms with E-state index in [1.54, 1.807) is 6.20 Å². The molecule has 3 aromatic rings. The van der Waals surface area contributed by atoms with Crippen molar-refractivity contribution < 1.29 is 4.79 Å². The van der Waals surface area contributed by atoms with Crippen LogP contribution in [-0.4, -0.2) is 27.0 Å². The maximum absolute atomic E-state index is 12.8. The first kappa shape index (κ1) is 17.5. The Morgan fingerprint density at radius 3 is 2.76 bits per heavy atom. The summed E-state index contributed by atoms with van der Waals surface area (Å²) in [6, 6.07) is 12.3. The Labute approximate surface area is 152 Å². The average Bonchev–Trinajstić information content (AvgIpc) is 3.06. The number of carbonyl (C=O) groups is 1. The molecular weight excluding hydrogens is 330 g/mol. The Morgan fingerprint density at radius 1 is 1.24 bits per heavy atom. The molecule has 0 aliphatic carbocycles. The number of hydrogen-bond acceptors (Lipinski definition) is 4. The number of Topliss-reactive ketones (excluding diaryl/α,β-unsaturated/α-hetero) is 1. The number of benzene rings is 1. The van der Waals surface area contributed by atoms with Gasteiger partial charge in [-0.25, -0.2) is 4.98 Å². The minimum Gasteiger partial charge on any atom is -0.381 e. The number of anilines is 1. The predicted molar refractivity (Wildman–Crippen MR) is 106 cm³/mol. The molecule has 2 N–H and O–H groups in total. The van der Waals surface area contributed by atoms with Crippen molar-refractivity contribution in [2.45, 2.75) is 43.5 Å². The Hall–Kier alpha value is -2.27. The Balaban J connectivity index is 1.69. The van der Waals surface area contributed by atoms with Crippen molar-refractivity contribution in [3.8, 4) is 0 Å². The van der Waals surface area contributed by atoms with Crippen LogP contribution in [0.4, 0.5) is 5.69 Å². The molecule has 0 aliphatic rings. The molecule has 0 saturated carbocycles. The van der Waals surface area contributed by atoms with E-state index in [9.17, 15) is 4.79 Å². The summed E-state index contributed by atoms with van der Waals surface area (Å²) in [5, 5.41) is 5.03. The van der Waals surface area contributed by atoms with E-state index in [0.29, 0.717) is 6.04 Å². The lowest BCUT2D eigenvalue weighted by atomic mass is 10.1. The van der Waals surface area contributed by atoms with Crippen molar-refractivity contribution in [3.05, 3.63) is 54.4 Å². The van der Waals surface area contributed by atoms with Crippen LogP contribution in [0.2, 0.25) is 0 Å². The van der Waals surface area contributed by atoms with E-state index in [0.717, 1.165) is 33.6 Å². The SMILES string of the molecule is CCC(C)Nc1ccc(SC(C)C(=O)c2c[nH]c3ccccc23)nc1. The number of para-hydroxylation sites is 1. The van der Waals surface area contributed by atoms with Crippen LogP contribution in [0, 0.1) is 0 Å². The number of nitrogens with zero attached hydrogens (tertiary/aromatic N) is 1. The highest BCUT2D eigenvalue weighted by Crippen LogP contribution is 2.27.